The molecule has 0 bridgehead atoms. The van der Waals surface area contributed by atoms with Crippen LogP contribution >= 0.6 is 0 Å². The maximum atomic E-state index is 11.1. The minimum atomic E-state index is 0.377. The fraction of sp³-hybridized carbons (Fsp3) is 0.900. The summed E-state index contributed by atoms with van der Waals surface area (Å²) >= 11 is 0. The van der Waals surface area contributed by atoms with Crippen LogP contribution in [0.4, 0.5) is 0 Å². The van der Waals surface area contributed by atoms with Crippen molar-refractivity contribution in [3.63, 3.8) is 0 Å². The molecule has 0 aromatic heterocycles. The molecule has 2 N–H and O–H groups in total. The Kier molecular flexibility index (Phi) is 13.5. The highest BCUT2D eigenvalue weighted by atomic mass is 16.1. The first-order chi connectivity index (χ1) is 13.2. The quantitative estimate of drug-likeness (QED) is 0.358. The van der Waals surface area contributed by atoms with Gasteiger partial charge in [-0.2, -0.15) is 0 Å². The number of nitrogens with two attached hydrogens (primary N) is 1. The molecule has 1 unspecified atom stereocenters. The Morgan fingerprint density at radius 1 is 0.926 bits per heavy atom. The zero-order chi connectivity index (χ0) is 19.9. The Balaban J connectivity index is 2.77. The Labute approximate surface area is 165 Å². The topological polar surface area (TPSA) is 73.1 Å². The summed E-state index contributed by atoms with van der Waals surface area (Å²) < 4.78 is 0. The van der Waals surface area contributed by atoms with Crippen LogP contribution < -0.4 is 5.73 Å². The molecule has 0 aromatic carbocycles. The van der Waals surface area contributed by atoms with Gasteiger partial charge in [-0.15, -0.1) is 0 Å². The first kappa shape index (κ1) is 24.2. The van der Waals surface area contributed by atoms with E-state index in [4.69, 9.17) is 5.73 Å². The molecule has 7 nitrogen and oxygen atoms in total. The van der Waals surface area contributed by atoms with Gasteiger partial charge < -0.3 is 20.2 Å². The molecule has 0 saturated carbocycles. The highest BCUT2D eigenvalue weighted by molar-refractivity contribution is 5.52. The van der Waals surface area contributed by atoms with Gasteiger partial charge in [0.05, 0.1) is 13.1 Å². The van der Waals surface area contributed by atoms with Crippen molar-refractivity contribution in [1.82, 2.24) is 19.6 Å². The highest BCUT2D eigenvalue weighted by Gasteiger charge is 2.22. The summed E-state index contributed by atoms with van der Waals surface area (Å²) in [5, 5.41) is 0. The van der Waals surface area contributed by atoms with Crippen LogP contribution in [-0.2, 0) is 9.59 Å². The van der Waals surface area contributed by atoms with E-state index in [-0.39, 0.29) is 0 Å². The van der Waals surface area contributed by atoms with Gasteiger partial charge >= 0.3 is 0 Å². The minimum Gasteiger partial charge on any atom is -0.330 e. The molecular formula is C20H41N5O2. The van der Waals surface area contributed by atoms with Crippen LogP contribution in [0.5, 0.6) is 0 Å². The average molecular weight is 384 g/mol. The second-order valence-electron chi connectivity index (χ2n) is 7.39. The number of rotatable bonds is 13. The van der Waals surface area contributed by atoms with Crippen LogP contribution in [0.3, 0.4) is 0 Å². The summed E-state index contributed by atoms with van der Waals surface area (Å²) in [5.74, 6) is 0. The summed E-state index contributed by atoms with van der Waals surface area (Å²) in [6, 6.07) is 0.377. The smallest absolute Gasteiger partial charge is 0.133 e. The zero-order valence-corrected chi connectivity index (χ0v) is 17.5. The van der Waals surface area contributed by atoms with Gasteiger partial charge in [0.25, 0.3) is 0 Å². The lowest BCUT2D eigenvalue weighted by molar-refractivity contribution is -0.109. The van der Waals surface area contributed by atoms with Crippen LogP contribution in [0.2, 0.25) is 0 Å². The van der Waals surface area contributed by atoms with Gasteiger partial charge in [-0.1, -0.05) is 20.3 Å². The molecule has 0 spiro atoms. The molecule has 1 fully saturated rings. The van der Waals surface area contributed by atoms with Crippen LogP contribution in [0.25, 0.3) is 0 Å². The molecule has 158 valence electrons. The van der Waals surface area contributed by atoms with Crippen molar-refractivity contribution < 1.29 is 9.59 Å². The molecule has 0 amide bonds. The van der Waals surface area contributed by atoms with Gasteiger partial charge in [0.15, 0.2) is 0 Å². The third-order valence-electron chi connectivity index (χ3n) is 5.67. The SMILES string of the molecule is CCN1CCN(CC=O)CCN(CC(CCCCN)N(CC)CC=O)CC1. The van der Waals surface area contributed by atoms with Crippen molar-refractivity contribution in [1.29, 1.82) is 0 Å². The van der Waals surface area contributed by atoms with E-state index in [2.05, 4.69) is 33.4 Å². The third-order valence-corrected chi connectivity index (χ3v) is 5.67. The summed E-state index contributed by atoms with van der Waals surface area (Å²) in [7, 11) is 0. The van der Waals surface area contributed by atoms with Crippen molar-refractivity contribution in [2.24, 2.45) is 5.73 Å². The Morgan fingerprint density at radius 2 is 1.56 bits per heavy atom. The van der Waals surface area contributed by atoms with E-state index < -0.39 is 0 Å². The van der Waals surface area contributed by atoms with Crippen molar-refractivity contribution in [2.75, 3.05) is 78.5 Å². The number of aldehydes is 2. The van der Waals surface area contributed by atoms with Crippen molar-refractivity contribution in [3.05, 3.63) is 0 Å². The Bertz CT molecular complexity index is 397. The lowest BCUT2D eigenvalue weighted by Gasteiger charge is -2.35. The number of hydrogen-bond donors (Lipinski definition) is 1. The van der Waals surface area contributed by atoms with Crippen LogP contribution in [0.15, 0.2) is 0 Å². The molecule has 27 heavy (non-hydrogen) atoms. The number of carbonyl (C=O) groups excluding carboxylic acids is 2. The lowest BCUT2D eigenvalue weighted by Crippen LogP contribution is -2.47. The molecule has 1 saturated heterocycles. The Morgan fingerprint density at radius 3 is 2.07 bits per heavy atom. The normalized spacial score (nSPS) is 19.4. The molecule has 1 heterocycles. The number of likely N-dealkylation sites (N-methyl/N-ethyl adjacent to an activating group) is 2. The summed E-state index contributed by atoms with van der Waals surface area (Å²) in [4.78, 5) is 31.6. The van der Waals surface area contributed by atoms with E-state index >= 15 is 0 Å². The van der Waals surface area contributed by atoms with Crippen molar-refractivity contribution in [2.45, 2.75) is 39.2 Å². The van der Waals surface area contributed by atoms with E-state index in [0.717, 1.165) is 97.3 Å². The van der Waals surface area contributed by atoms with Crippen LogP contribution in [0, 0.1) is 0 Å². The largest absolute Gasteiger partial charge is 0.330 e. The average Bonchev–Trinajstić information content (AvgIpc) is 2.77. The maximum absolute atomic E-state index is 11.1. The van der Waals surface area contributed by atoms with E-state index in [9.17, 15) is 9.59 Å². The van der Waals surface area contributed by atoms with Gasteiger partial charge in [0, 0.05) is 51.9 Å². The Hall–Kier alpha value is -0.860. The molecule has 1 aliphatic heterocycles. The van der Waals surface area contributed by atoms with Gasteiger partial charge in [0.2, 0.25) is 0 Å². The molecule has 0 radical (unpaired) electrons. The number of carbonyl (C=O) groups is 2. The molecule has 1 aliphatic rings. The highest BCUT2D eigenvalue weighted by Crippen LogP contribution is 2.12. The molecule has 1 rings (SSSR count). The molecule has 0 aliphatic carbocycles. The molecule has 1 atom stereocenters. The van der Waals surface area contributed by atoms with Gasteiger partial charge in [-0.05, 0) is 32.5 Å². The summed E-state index contributed by atoms with van der Waals surface area (Å²) in [5.41, 5.74) is 5.68. The molecule has 7 heteroatoms. The fourth-order valence-corrected chi connectivity index (χ4v) is 3.81. The van der Waals surface area contributed by atoms with Gasteiger partial charge in [-0.25, -0.2) is 0 Å². The third kappa shape index (κ3) is 9.76. The fourth-order valence-electron chi connectivity index (χ4n) is 3.81. The van der Waals surface area contributed by atoms with E-state index in [0.29, 0.717) is 19.1 Å². The molecule has 0 aromatic rings. The predicted octanol–water partition coefficient (Wildman–Crippen LogP) is 0.143. The monoisotopic (exact) mass is 383 g/mol. The van der Waals surface area contributed by atoms with Crippen LogP contribution in [-0.4, -0.2) is 117 Å². The molecular weight excluding hydrogens is 342 g/mol. The second-order valence-corrected chi connectivity index (χ2v) is 7.39. The van der Waals surface area contributed by atoms with Crippen molar-refractivity contribution in [3.8, 4) is 0 Å². The predicted molar refractivity (Wildman–Crippen MR) is 111 cm³/mol. The van der Waals surface area contributed by atoms with E-state index in [1.807, 2.05) is 0 Å². The first-order valence-corrected chi connectivity index (χ1v) is 10.7. The number of hydrogen-bond acceptors (Lipinski definition) is 7. The zero-order valence-electron chi connectivity index (χ0n) is 17.5. The van der Waals surface area contributed by atoms with E-state index in [1.54, 1.807) is 0 Å². The number of unbranched alkanes of at least 4 members (excludes halogenated alkanes) is 1. The first-order valence-electron chi connectivity index (χ1n) is 10.7. The van der Waals surface area contributed by atoms with E-state index in [1.165, 1.54) is 0 Å². The number of nitrogens with zero attached hydrogens (tertiary/aromatic N) is 4. The van der Waals surface area contributed by atoms with Crippen molar-refractivity contribution >= 4 is 12.6 Å². The van der Waals surface area contributed by atoms with Gasteiger partial charge in [-0.3, -0.25) is 14.7 Å². The summed E-state index contributed by atoms with van der Waals surface area (Å²) in [6.07, 6.45) is 5.24. The van der Waals surface area contributed by atoms with Crippen LogP contribution in [0.1, 0.15) is 33.1 Å². The summed E-state index contributed by atoms with van der Waals surface area (Å²) in [6.45, 7) is 14.9. The second kappa shape index (κ2) is 15.1. The maximum Gasteiger partial charge on any atom is 0.133 e. The van der Waals surface area contributed by atoms with Gasteiger partial charge in [0.1, 0.15) is 12.6 Å². The lowest BCUT2D eigenvalue weighted by atomic mass is 10.1. The standard InChI is InChI=1S/C20H41N5O2/c1-3-22-9-11-23(15-17-26)12-14-24(13-10-22)19-20(7-5-6-8-21)25(4-2)16-18-27/h17-18,20H,3-16,19,21H2,1-2H3. The minimum absolute atomic E-state index is 0.377.